The number of aryl methyl sites for hydroxylation is 2. The molecule has 0 heterocycles. The molecule has 3 heteroatoms. The Morgan fingerprint density at radius 1 is 1.08 bits per heavy atom. The van der Waals surface area contributed by atoms with Crippen LogP contribution in [0.2, 0.25) is 0 Å². The molecule has 0 saturated carbocycles. The fraction of sp³-hybridized carbons (Fsp3) is 0.227. The molecule has 0 aliphatic heterocycles. The van der Waals surface area contributed by atoms with Crippen molar-refractivity contribution in [2.45, 2.75) is 19.8 Å². The number of esters is 1. The van der Waals surface area contributed by atoms with Crippen LogP contribution in [0, 0.1) is 0 Å². The van der Waals surface area contributed by atoms with Gasteiger partial charge in [0.05, 0.1) is 13.7 Å². The Bertz CT molecular complexity index is 831. The van der Waals surface area contributed by atoms with Gasteiger partial charge in [-0.15, -0.1) is 0 Å². The number of benzene rings is 2. The second kappa shape index (κ2) is 7.84. The fourth-order valence-electron chi connectivity index (χ4n) is 3.16. The third-order valence-corrected chi connectivity index (χ3v) is 4.36. The minimum absolute atomic E-state index is 0.327. The van der Waals surface area contributed by atoms with E-state index in [-0.39, 0.29) is 5.97 Å². The Hall–Kier alpha value is -2.81. The number of hydrogen-bond donors (Lipinski definition) is 0. The topological polar surface area (TPSA) is 35.5 Å². The van der Waals surface area contributed by atoms with Crippen LogP contribution >= 0.6 is 0 Å². The monoisotopic (exact) mass is 334 g/mol. The van der Waals surface area contributed by atoms with Gasteiger partial charge in [-0.3, -0.25) is 0 Å². The van der Waals surface area contributed by atoms with Gasteiger partial charge in [0.15, 0.2) is 0 Å². The van der Waals surface area contributed by atoms with E-state index in [0.29, 0.717) is 6.61 Å². The van der Waals surface area contributed by atoms with Crippen molar-refractivity contribution in [2.24, 2.45) is 0 Å². The number of methoxy groups -OCH3 is 1. The first kappa shape index (κ1) is 17.0. The molecule has 2 aromatic carbocycles. The number of hydrogen-bond acceptors (Lipinski definition) is 3. The second-order valence-electron chi connectivity index (χ2n) is 5.87. The largest absolute Gasteiger partial charge is 0.497 e. The van der Waals surface area contributed by atoms with Gasteiger partial charge in [-0.1, -0.05) is 42.5 Å². The molecule has 0 unspecified atom stereocenters. The number of fused-ring (bicyclic) bond motifs is 2. The van der Waals surface area contributed by atoms with Crippen LogP contribution in [0.15, 0.2) is 60.7 Å². The van der Waals surface area contributed by atoms with Crippen molar-refractivity contribution < 1.29 is 14.3 Å². The predicted octanol–water partition coefficient (Wildman–Crippen LogP) is 4.34. The summed E-state index contributed by atoms with van der Waals surface area (Å²) in [5, 5.41) is 0. The lowest BCUT2D eigenvalue weighted by Gasteiger charge is -2.12. The molecule has 0 atom stereocenters. The Labute approximate surface area is 148 Å². The van der Waals surface area contributed by atoms with Crippen LogP contribution in [0.1, 0.15) is 29.2 Å². The zero-order chi connectivity index (χ0) is 17.6. The molecule has 1 aliphatic rings. The van der Waals surface area contributed by atoms with Crippen molar-refractivity contribution in [1.82, 2.24) is 0 Å². The summed E-state index contributed by atoms with van der Waals surface area (Å²) >= 11 is 0. The maximum absolute atomic E-state index is 11.6. The third-order valence-electron chi connectivity index (χ3n) is 4.36. The average Bonchev–Trinajstić information content (AvgIpc) is 2.79. The summed E-state index contributed by atoms with van der Waals surface area (Å²) in [5.74, 6) is 0.505. The Balaban J connectivity index is 2.09. The SMILES string of the molecule is CCOC(=O)C=CC=C1c2ccccc2CCc2ccc(OC)cc21. The smallest absolute Gasteiger partial charge is 0.330 e. The van der Waals surface area contributed by atoms with Crippen molar-refractivity contribution in [3.63, 3.8) is 0 Å². The lowest BCUT2D eigenvalue weighted by atomic mass is 9.93. The minimum atomic E-state index is -0.327. The van der Waals surface area contributed by atoms with Gasteiger partial charge in [-0.05, 0) is 59.7 Å². The molecule has 0 aromatic heterocycles. The molecule has 3 rings (SSSR count). The van der Waals surface area contributed by atoms with E-state index in [1.54, 1.807) is 20.1 Å². The predicted molar refractivity (Wildman–Crippen MR) is 99.7 cm³/mol. The first-order valence-corrected chi connectivity index (χ1v) is 8.53. The summed E-state index contributed by atoms with van der Waals surface area (Å²) < 4.78 is 10.4. The van der Waals surface area contributed by atoms with Gasteiger partial charge in [0.1, 0.15) is 5.75 Å². The molecule has 1 aliphatic carbocycles. The zero-order valence-electron chi connectivity index (χ0n) is 14.6. The molecular formula is C22H22O3. The summed E-state index contributed by atoms with van der Waals surface area (Å²) in [7, 11) is 1.68. The number of carbonyl (C=O) groups is 1. The summed E-state index contributed by atoms with van der Waals surface area (Å²) in [6.45, 7) is 2.18. The highest BCUT2D eigenvalue weighted by atomic mass is 16.5. The van der Waals surface area contributed by atoms with E-state index in [0.717, 1.165) is 29.7 Å². The van der Waals surface area contributed by atoms with E-state index in [9.17, 15) is 4.79 Å². The van der Waals surface area contributed by atoms with Crippen LogP contribution < -0.4 is 4.74 Å². The highest BCUT2D eigenvalue weighted by Gasteiger charge is 2.18. The normalized spacial score (nSPS) is 14.7. The van der Waals surface area contributed by atoms with Gasteiger partial charge in [-0.25, -0.2) is 4.79 Å². The highest BCUT2D eigenvalue weighted by molar-refractivity contribution is 5.87. The molecule has 0 radical (unpaired) electrons. The maximum Gasteiger partial charge on any atom is 0.330 e. The van der Waals surface area contributed by atoms with E-state index in [2.05, 4.69) is 30.3 Å². The molecule has 0 N–H and O–H groups in total. The van der Waals surface area contributed by atoms with Crippen LogP contribution in [0.4, 0.5) is 0 Å². The molecule has 2 aromatic rings. The molecular weight excluding hydrogens is 312 g/mol. The van der Waals surface area contributed by atoms with Crippen LogP contribution in [0.5, 0.6) is 5.75 Å². The molecule has 128 valence electrons. The van der Waals surface area contributed by atoms with E-state index >= 15 is 0 Å². The maximum atomic E-state index is 11.6. The molecule has 0 bridgehead atoms. The highest BCUT2D eigenvalue weighted by Crippen LogP contribution is 2.35. The molecule has 0 spiro atoms. The van der Waals surface area contributed by atoms with Crippen LogP contribution in [-0.4, -0.2) is 19.7 Å². The zero-order valence-corrected chi connectivity index (χ0v) is 14.6. The van der Waals surface area contributed by atoms with Gasteiger partial charge in [-0.2, -0.15) is 0 Å². The molecule has 0 amide bonds. The molecule has 25 heavy (non-hydrogen) atoms. The third kappa shape index (κ3) is 3.82. The van der Waals surface area contributed by atoms with E-state index in [4.69, 9.17) is 9.47 Å². The summed E-state index contributed by atoms with van der Waals surface area (Å²) in [6.07, 6.45) is 7.19. The fourth-order valence-corrected chi connectivity index (χ4v) is 3.16. The molecule has 3 nitrogen and oxygen atoms in total. The second-order valence-corrected chi connectivity index (χ2v) is 5.87. The van der Waals surface area contributed by atoms with Gasteiger partial charge in [0, 0.05) is 6.08 Å². The molecule has 0 saturated heterocycles. The quantitative estimate of drug-likeness (QED) is 0.616. The van der Waals surface area contributed by atoms with E-state index < -0.39 is 0 Å². The first-order chi connectivity index (χ1) is 12.2. The standard InChI is InChI=1S/C22H22O3/c1-3-25-22(23)10-6-9-20-19-8-5-4-7-16(19)11-12-17-13-14-18(24-2)15-21(17)20/h4-10,13-15H,3,11-12H2,1-2H3. The van der Waals surface area contributed by atoms with Crippen molar-refractivity contribution >= 4 is 11.5 Å². The average molecular weight is 334 g/mol. The van der Waals surface area contributed by atoms with Gasteiger partial charge >= 0.3 is 5.97 Å². The minimum Gasteiger partial charge on any atom is -0.497 e. The molecule has 0 fully saturated rings. The van der Waals surface area contributed by atoms with Crippen LogP contribution in [0.25, 0.3) is 5.57 Å². The van der Waals surface area contributed by atoms with Crippen molar-refractivity contribution in [3.8, 4) is 5.75 Å². The number of carbonyl (C=O) groups excluding carboxylic acids is 1. The Kier molecular flexibility index (Phi) is 5.34. The van der Waals surface area contributed by atoms with Gasteiger partial charge in [0.25, 0.3) is 0 Å². The van der Waals surface area contributed by atoms with E-state index in [1.807, 2.05) is 18.2 Å². The Morgan fingerprint density at radius 3 is 2.60 bits per heavy atom. The van der Waals surface area contributed by atoms with Gasteiger partial charge in [0.2, 0.25) is 0 Å². The van der Waals surface area contributed by atoms with Crippen molar-refractivity contribution in [3.05, 3.63) is 82.9 Å². The summed E-state index contributed by atoms with van der Waals surface area (Å²) in [6, 6.07) is 14.6. The lowest BCUT2D eigenvalue weighted by Crippen LogP contribution is -1.98. The first-order valence-electron chi connectivity index (χ1n) is 8.53. The van der Waals surface area contributed by atoms with E-state index in [1.165, 1.54) is 22.8 Å². The van der Waals surface area contributed by atoms with Crippen LogP contribution in [-0.2, 0) is 22.4 Å². The summed E-state index contributed by atoms with van der Waals surface area (Å²) in [5.41, 5.74) is 6.05. The summed E-state index contributed by atoms with van der Waals surface area (Å²) in [4.78, 5) is 11.6. The Morgan fingerprint density at radius 2 is 1.84 bits per heavy atom. The van der Waals surface area contributed by atoms with Crippen LogP contribution in [0.3, 0.4) is 0 Å². The number of allylic oxidation sites excluding steroid dienone is 2. The lowest BCUT2D eigenvalue weighted by molar-refractivity contribution is -0.137. The van der Waals surface area contributed by atoms with Gasteiger partial charge < -0.3 is 9.47 Å². The van der Waals surface area contributed by atoms with Crippen molar-refractivity contribution in [2.75, 3.05) is 13.7 Å². The number of rotatable bonds is 4. The number of ether oxygens (including phenoxy) is 2. The van der Waals surface area contributed by atoms with Crippen molar-refractivity contribution in [1.29, 1.82) is 0 Å².